The molecule has 2 aromatic carbocycles. The first-order valence-electron chi connectivity index (χ1n) is 8.21. The van der Waals surface area contributed by atoms with Crippen LogP contribution in [-0.2, 0) is 9.53 Å². The number of amides is 2. The standard InChI is InChI=1S/C20H17N3O4/c1-21-19(25)14-6-2-8-15(11-14)23-17(24)12-27-20(26)16-9-3-5-13-7-4-10-22-18(13)16/h2-11H,12H2,1H3,(H,21,25)(H,23,24). The number of carbonyl (C=O) groups is 3. The number of carbonyl (C=O) groups excluding carboxylic acids is 3. The van der Waals surface area contributed by atoms with Gasteiger partial charge in [-0.15, -0.1) is 0 Å². The predicted octanol–water partition coefficient (Wildman–Crippen LogP) is 2.39. The van der Waals surface area contributed by atoms with E-state index in [9.17, 15) is 14.4 Å². The molecule has 7 nitrogen and oxygen atoms in total. The zero-order valence-electron chi connectivity index (χ0n) is 14.6. The molecule has 0 spiro atoms. The maximum Gasteiger partial charge on any atom is 0.340 e. The zero-order valence-corrected chi connectivity index (χ0v) is 14.6. The van der Waals surface area contributed by atoms with Gasteiger partial charge in [0.2, 0.25) is 0 Å². The van der Waals surface area contributed by atoms with Gasteiger partial charge in [0, 0.05) is 29.9 Å². The molecule has 0 aliphatic heterocycles. The molecule has 0 aliphatic carbocycles. The lowest BCUT2D eigenvalue weighted by atomic mass is 10.1. The lowest BCUT2D eigenvalue weighted by Gasteiger charge is -2.09. The van der Waals surface area contributed by atoms with E-state index in [2.05, 4.69) is 15.6 Å². The Bertz CT molecular complexity index is 1010. The first-order chi connectivity index (χ1) is 13.1. The molecule has 0 atom stereocenters. The topological polar surface area (TPSA) is 97.4 Å². The largest absolute Gasteiger partial charge is 0.452 e. The van der Waals surface area contributed by atoms with E-state index in [1.807, 2.05) is 12.1 Å². The molecular weight excluding hydrogens is 346 g/mol. The maximum absolute atomic E-state index is 12.3. The number of anilines is 1. The van der Waals surface area contributed by atoms with E-state index in [0.29, 0.717) is 22.3 Å². The van der Waals surface area contributed by atoms with E-state index in [-0.39, 0.29) is 5.91 Å². The highest BCUT2D eigenvalue weighted by Gasteiger charge is 2.14. The van der Waals surface area contributed by atoms with Crippen molar-refractivity contribution in [2.24, 2.45) is 0 Å². The van der Waals surface area contributed by atoms with Gasteiger partial charge >= 0.3 is 5.97 Å². The Morgan fingerprint density at radius 1 is 1.04 bits per heavy atom. The number of hydrogen-bond donors (Lipinski definition) is 2. The van der Waals surface area contributed by atoms with Crippen LogP contribution in [-0.4, -0.2) is 36.4 Å². The van der Waals surface area contributed by atoms with E-state index in [0.717, 1.165) is 5.39 Å². The van der Waals surface area contributed by atoms with Crippen LogP contribution in [0.3, 0.4) is 0 Å². The second-order valence-electron chi connectivity index (χ2n) is 5.66. The molecule has 7 heteroatoms. The molecule has 0 fully saturated rings. The summed E-state index contributed by atoms with van der Waals surface area (Å²) in [6.45, 7) is -0.452. The average molecular weight is 363 g/mol. The monoisotopic (exact) mass is 363 g/mol. The fourth-order valence-corrected chi connectivity index (χ4v) is 2.56. The van der Waals surface area contributed by atoms with Crippen LogP contribution in [0.15, 0.2) is 60.8 Å². The molecule has 2 N–H and O–H groups in total. The maximum atomic E-state index is 12.3. The Hall–Kier alpha value is -3.74. The molecule has 2 amide bonds. The molecule has 0 aliphatic rings. The number of rotatable bonds is 5. The van der Waals surface area contributed by atoms with Crippen LogP contribution >= 0.6 is 0 Å². The van der Waals surface area contributed by atoms with Crippen molar-refractivity contribution in [2.75, 3.05) is 19.0 Å². The number of nitrogens with zero attached hydrogens (tertiary/aromatic N) is 1. The third kappa shape index (κ3) is 4.27. The average Bonchev–Trinajstić information content (AvgIpc) is 2.71. The van der Waals surface area contributed by atoms with Crippen molar-refractivity contribution in [1.82, 2.24) is 10.3 Å². The molecule has 0 saturated carbocycles. The fraction of sp³-hybridized carbons (Fsp3) is 0.100. The zero-order chi connectivity index (χ0) is 19.2. The van der Waals surface area contributed by atoms with Crippen molar-refractivity contribution >= 4 is 34.4 Å². The van der Waals surface area contributed by atoms with Crippen molar-refractivity contribution in [2.45, 2.75) is 0 Å². The number of aromatic nitrogens is 1. The molecule has 3 aromatic rings. The lowest BCUT2D eigenvalue weighted by Crippen LogP contribution is -2.22. The van der Waals surface area contributed by atoms with E-state index >= 15 is 0 Å². The number of nitrogens with one attached hydrogen (secondary N) is 2. The summed E-state index contributed by atoms with van der Waals surface area (Å²) in [6, 6.07) is 15.2. The van der Waals surface area contributed by atoms with Gasteiger partial charge in [-0.05, 0) is 30.3 Å². The van der Waals surface area contributed by atoms with Crippen LogP contribution in [0.2, 0.25) is 0 Å². The quantitative estimate of drug-likeness (QED) is 0.679. The minimum Gasteiger partial charge on any atom is -0.452 e. The van der Waals surface area contributed by atoms with Gasteiger partial charge in [-0.25, -0.2) is 4.79 Å². The SMILES string of the molecule is CNC(=O)c1cccc(NC(=O)COC(=O)c2cccc3cccnc23)c1. The Kier molecular flexibility index (Phi) is 5.41. The molecule has 1 aromatic heterocycles. The van der Waals surface area contributed by atoms with Gasteiger partial charge in [0.25, 0.3) is 11.8 Å². The molecular formula is C20H17N3O4. The van der Waals surface area contributed by atoms with Crippen LogP contribution in [0.4, 0.5) is 5.69 Å². The normalized spacial score (nSPS) is 10.3. The van der Waals surface area contributed by atoms with E-state index in [1.165, 1.54) is 13.1 Å². The number of fused-ring (bicyclic) bond motifs is 1. The van der Waals surface area contributed by atoms with Crippen LogP contribution in [0.5, 0.6) is 0 Å². The summed E-state index contributed by atoms with van der Waals surface area (Å²) in [5, 5.41) is 5.91. The highest BCUT2D eigenvalue weighted by molar-refractivity contribution is 6.04. The number of pyridine rings is 1. The van der Waals surface area contributed by atoms with Crippen molar-refractivity contribution in [3.8, 4) is 0 Å². The first-order valence-corrected chi connectivity index (χ1v) is 8.21. The van der Waals surface area contributed by atoms with Gasteiger partial charge in [-0.2, -0.15) is 0 Å². The van der Waals surface area contributed by atoms with Crippen LogP contribution < -0.4 is 10.6 Å². The Morgan fingerprint density at radius 2 is 1.81 bits per heavy atom. The number of ether oxygens (including phenoxy) is 1. The molecule has 0 saturated heterocycles. The van der Waals surface area contributed by atoms with Gasteiger partial charge in [0.1, 0.15) is 0 Å². The van der Waals surface area contributed by atoms with Gasteiger partial charge in [0.15, 0.2) is 6.61 Å². The summed E-state index contributed by atoms with van der Waals surface area (Å²) < 4.78 is 5.10. The third-order valence-electron chi connectivity index (χ3n) is 3.82. The third-order valence-corrected chi connectivity index (χ3v) is 3.82. The van der Waals surface area contributed by atoms with Gasteiger partial charge < -0.3 is 15.4 Å². The molecule has 3 rings (SSSR count). The fourth-order valence-electron chi connectivity index (χ4n) is 2.56. The number of benzene rings is 2. The molecule has 27 heavy (non-hydrogen) atoms. The van der Waals surface area contributed by atoms with Crippen molar-refractivity contribution in [1.29, 1.82) is 0 Å². The summed E-state index contributed by atoms with van der Waals surface area (Å²) in [5.41, 5.74) is 1.66. The van der Waals surface area contributed by atoms with Crippen molar-refractivity contribution in [3.05, 3.63) is 71.9 Å². The van der Waals surface area contributed by atoms with Gasteiger partial charge in [0.05, 0.1) is 11.1 Å². The summed E-state index contributed by atoms with van der Waals surface area (Å²) >= 11 is 0. The highest BCUT2D eigenvalue weighted by Crippen LogP contribution is 2.17. The van der Waals surface area contributed by atoms with Gasteiger partial charge in [-0.3, -0.25) is 14.6 Å². The molecule has 0 unspecified atom stereocenters. The van der Waals surface area contributed by atoms with E-state index in [4.69, 9.17) is 4.74 Å². The van der Waals surface area contributed by atoms with Crippen molar-refractivity contribution in [3.63, 3.8) is 0 Å². The first kappa shape index (κ1) is 18.1. The minimum absolute atomic E-state index is 0.263. The van der Waals surface area contributed by atoms with Crippen LogP contribution in [0.1, 0.15) is 20.7 Å². The molecule has 0 radical (unpaired) electrons. The summed E-state index contributed by atoms with van der Waals surface area (Å²) in [5.74, 6) is -1.40. The number of esters is 1. The van der Waals surface area contributed by atoms with E-state index in [1.54, 1.807) is 42.6 Å². The Balaban J connectivity index is 1.64. The second kappa shape index (κ2) is 8.09. The van der Waals surface area contributed by atoms with E-state index < -0.39 is 18.5 Å². The summed E-state index contributed by atoms with van der Waals surface area (Å²) in [7, 11) is 1.52. The number of hydrogen-bond acceptors (Lipinski definition) is 5. The smallest absolute Gasteiger partial charge is 0.340 e. The molecule has 0 bridgehead atoms. The van der Waals surface area contributed by atoms with Crippen LogP contribution in [0, 0.1) is 0 Å². The van der Waals surface area contributed by atoms with Gasteiger partial charge in [-0.1, -0.05) is 24.3 Å². The molecule has 136 valence electrons. The van der Waals surface area contributed by atoms with Crippen molar-refractivity contribution < 1.29 is 19.1 Å². The number of para-hydroxylation sites is 1. The summed E-state index contributed by atoms with van der Waals surface area (Å²) in [6.07, 6.45) is 1.59. The molecule has 1 heterocycles. The Labute approximate surface area is 155 Å². The highest BCUT2D eigenvalue weighted by atomic mass is 16.5. The lowest BCUT2D eigenvalue weighted by molar-refractivity contribution is -0.119. The second-order valence-corrected chi connectivity index (χ2v) is 5.66. The summed E-state index contributed by atoms with van der Waals surface area (Å²) in [4.78, 5) is 40.2. The Morgan fingerprint density at radius 3 is 2.63 bits per heavy atom. The van der Waals surface area contributed by atoms with Crippen LogP contribution in [0.25, 0.3) is 10.9 Å². The minimum atomic E-state index is -0.631. The predicted molar refractivity (Wildman–Crippen MR) is 100 cm³/mol.